The van der Waals surface area contributed by atoms with Gasteiger partial charge in [-0.1, -0.05) is 22.0 Å². The Kier molecular flexibility index (Phi) is 3.43. The molecule has 3 heterocycles. The molecule has 2 aromatic carbocycles. The van der Waals surface area contributed by atoms with Crippen molar-refractivity contribution < 1.29 is 4.74 Å². The highest BCUT2D eigenvalue weighted by Crippen LogP contribution is 2.35. The molecule has 0 bridgehead atoms. The number of benzene rings is 2. The van der Waals surface area contributed by atoms with Gasteiger partial charge in [0.1, 0.15) is 5.82 Å². The zero-order valence-corrected chi connectivity index (χ0v) is 15.0. The molecule has 2 N–H and O–H groups in total. The van der Waals surface area contributed by atoms with E-state index in [-0.39, 0.29) is 11.5 Å². The summed E-state index contributed by atoms with van der Waals surface area (Å²) in [5, 5.41) is 3.50. The van der Waals surface area contributed by atoms with Crippen LogP contribution >= 0.6 is 15.9 Å². The molecule has 5 nitrogen and oxygen atoms in total. The van der Waals surface area contributed by atoms with E-state index in [1.165, 1.54) is 0 Å². The summed E-state index contributed by atoms with van der Waals surface area (Å²) in [7, 11) is 0. The third kappa shape index (κ3) is 2.32. The lowest BCUT2D eigenvalue weighted by Gasteiger charge is -2.19. The molecule has 1 aliphatic heterocycles. The van der Waals surface area contributed by atoms with E-state index in [9.17, 15) is 4.79 Å². The first-order chi connectivity index (χ1) is 12.2. The van der Waals surface area contributed by atoms with Crippen LogP contribution in [0.1, 0.15) is 24.6 Å². The quantitative estimate of drug-likeness (QED) is 0.472. The maximum Gasteiger partial charge on any atom is 0.256 e. The van der Waals surface area contributed by atoms with Crippen LogP contribution in [0, 0.1) is 0 Å². The van der Waals surface area contributed by atoms with E-state index in [2.05, 4.69) is 25.9 Å². The molecular formula is C19H16BrN3O2. The van der Waals surface area contributed by atoms with Gasteiger partial charge >= 0.3 is 0 Å². The number of imidazole rings is 1. The van der Waals surface area contributed by atoms with Crippen molar-refractivity contribution in [2.75, 3.05) is 13.2 Å². The number of hydrogen-bond donors (Lipinski definition) is 2. The molecule has 25 heavy (non-hydrogen) atoms. The Balaban J connectivity index is 1.91. The van der Waals surface area contributed by atoms with Gasteiger partial charge in [0.25, 0.3) is 5.56 Å². The number of ether oxygens (including phenoxy) is 1. The molecule has 6 heteroatoms. The summed E-state index contributed by atoms with van der Waals surface area (Å²) < 4.78 is 6.57. The van der Waals surface area contributed by atoms with Gasteiger partial charge in [0.05, 0.1) is 23.0 Å². The standard InChI is InChI=1S/C19H16BrN3O2/c20-11-3-4-12-14(8-11)15-13(5-6-21-19(15)24)17-16(12)22-18(23-17)10-2-1-7-25-9-10/h3-6,8,10H,1-2,7,9H2,(H,21,24)(H,22,23). The summed E-state index contributed by atoms with van der Waals surface area (Å²) in [6.07, 6.45) is 3.82. The van der Waals surface area contributed by atoms with Gasteiger partial charge in [-0.05, 0) is 36.4 Å². The van der Waals surface area contributed by atoms with E-state index in [4.69, 9.17) is 9.72 Å². The highest BCUT2D eigenvalue weighted by atomic mass is 79.9. The van der Waals surface area contributed by atoms with E-state index in [1.54, 1.807) is 6.20 Å². The first kappa shape index (κ1) is 15.1. The van der Waals surface area contributed by atoms with E-state index >= 15 is 0 Å². The molecular weight excluding hydrogens is 382 g/mol. The Morgan fingerprint density at radius 3 is 2.96 bits per heavy atom. The fourth-order valence-corrected chi connectivity index (χ4v) is 4.18. The van der Waals surface area contributed by atoms with Crippen LogP contribution in [0.2, 0.25) is 0 Å². The summed E-state index contributed by atoms with van der Waals surface area (Å²) in [6, 6.07) is 7.95. The van der Waals surface area contributed by atoms with Crippen molar-refractivity contribution in [1.29, 1.82) is 0 Å². The van der Waals surface area contributed by atoms with Crippen LogP contribution < -0.4 is 5.56 Å². The van der Waals surface area contributed by atoms with Gasteiger partial charge in [0.15, 0.2) is 0 Å². The van der Waals surface area contributed by atoms with Gasteiger partial charge < -0.3 is 14.7 Å². The fraction of sp³-hybridized carbons (Fsp3) is 0.263. The van der Waals surface area contributed by atoms with Gasteiger partial charge in [-0.25, -0.2) is 4.98 Å². The molecule has 4 aromatic rings. The lowest BCUT2D eigenvalue weighted by molar-refractivity contribution is 0.0784. The Hall–Kier alpha value is -2.18. The molecule has 126 valence electrons. The number of aromatic nitrogens is 3. The Bertz CT molecular complexity index is 1170. The summed E-state index contributed by atoms with van der Waals surface area (Å²) in [4.78, 5) is 23.7. The third-order valence-electron chi connectivity index (χ3n) is 5.01. The Labute approximate surface area is 151 Å². The second-order valence-electron chi connectivity index (χ2n) is 6.55. The molecule has 5 rings (SSSR count). The Morgan fingerprint density at radius 1 is 1.20 bits per heavy atom. The lowest BCUT2D eigenvalue weighted by atomic mass is 10.0. The van der Waals surface area contributed by atoms with E-state index in [1.807, 2.05) is 24.3 Å². The molecule has 1 unspecified atom stereocenters. The fourth-order valence-electron chi connectivity index (χ4n) is 3.82. The summed E-state index contributed by atoms with van der Waals surface area (Å²) in [6.45, 7) is 1.52. The van der Waals surface area contributed by atoms with Crippen LogP contribution in [0.3, 0.4) is 0 Å². The molecule has 0 spiro atoms. The second-order valence-corrected chi connectivity index (χ2v) is 7.46. The highest BCUT2D eigenvalue weighted by molar-refractivity contribution is 9.10. The topological polar surface area (TPSA) is 70.8 Å². The van der Waals surface area contributed by atoms with Crippen LogP contribution in [-0.2, 0) is 4.74 Å². The average Bonchev–Trinajstić information content (AvgIpc) is 3.08. The maximum atomic E-state index is 12.5. The number of nitrogens with one attached hydrogen (secondary N) is 2. The van der Waals surface area contributed by atoms with Crippen LogP contribution in [0.15, 0.2) is 39.7 Å². The molecule has 1 saturated heterocycles. The minimum absolute atomic E-state index is 0.0837. The summed E-state index contributed by atoms with van der Waals surface area (Å²) in [5.74, 6) is 1.23. The number of halogens is 1. The van der Waals surface area contributed by atoms with E-state index < -0.39 is 0 Å². The van der Waals surface area contributed by atoms with Crippen molar-refractivity contribution in [1.82, 2.24) is 15.0 Å². The zero-order chi connectivity index (χ0) is 17.0. The van der Waals surface area contributed by atoms with Crippen molar-refractivity contribution in [3.63, 3.8) is 0 Å². The first-order valence-corrected chi connectivity index (χ1v) is 9.21. The summed E-state index contributed by atoms with van der Waals surface area (Å²) in [5.41, 5.74) is 1.76. The predicted octanol–water partition coefficient (Wildman–Crippen LogP) is 4.21. The maximum absolute atomic E-state index is 12.5. The van der Waals surface area contributed by atoms with Crippen molar-refractivity contribution in [2.24, 2.45) is 0 Å². The molecule has 2 aromatic heterocycles. The van der Waals surface area contributed by atoms with Crippen LogP contribution in [0.4, 0.5) is 0 Å². The average molecular weight is 398 g/mol. The van der Waals surface area contributed by atoms with Crippen LogP contribution in [0.5, 0.6) is 0 Å². The van der Waals surface area contributed by atoms with Gasteiger partial charge in [0, 0.05) is 34.0 Å². The minimum Gasteiger partial charge on any atom is -0.381 e. The molecule has 1 fully saturated rings. The Morgan fingerprint density at radius 2 is 2.12 bits per heavy atom. The number of fused-ring (bicyclic) bond motifs is 6. The number of nitrogens with zero attached hydrogens (tertiary/aromatic N) is 1. The van der Waals surface area contributed by atoms with Crippen molar-refractivity contribution in [3.05, 3.63) is 51.1 Å². The molecule has 1 aliphatic rings. The van der Waals surface area contributed by atoms with Gasteiger partial charge in [-0.2, -0.15) is 0 Å². The normalized spacial score (nSPS) is 18.4. The highest BCUT2D eigenvalue weighted by Gasteiger charge is 2.22. The number of H-pyrrole nitrogens is 2. The minimum atomic E-state index is -0.0837. The van der Waals surface area contributed by atoms with E-state index in [0.717, 1.165) is 56.9 Å². The molecule has 1 atom stereocenters. The predicted molar refractivity (Wildman–Crippen MR) is 102 cm³/mol. The van der Waals surface area contributed by atoms with Gasteiger partial charge in [-0.3, -0.25) is 4.79 Å². The third-order valence-corrected chi connectivity index (χ3v) is 5.50. The van der Waals surface area contributed by atoms with Crippen molar-refractivity contribution in [2.45, 2.75) is 18.8 Å². The van der Waals surface area contributed by atoms with Crippen molar-refractivity contribution in [3.8, 4) is 0 Å². The second kappa shape index (κ2) is 5.68. The number of aromatic amines is 2. The van der Waals surface area contributed by atoms with Crippen molar-refractivity contribution >= 4 is 48.5 Å². The molecule has 0 aliphatic carbocycles. The summed E-state index contributed by atoms with van der Waals surface area (Å²) >= 11 is 3.52. The molecule has 0 amide bonds. The monoisotopic (exact) mass is 397 g/mol. The SMILES string of the molecule is O=c1[nH]ccc2c3[nH]c(C4CCCOC4)nc3c3ccc(Br)cc3c12. The lowest BCUT2D eigenvalue weighted by Crippen LogP contribution is -2.16. The van der Waals surface area contributed by atoms with Gasteiger partial charge in [0.2, 0.25) is 0 Å². The largest absolute Gasteiger partial charge is 0.381 e. The van der Waals surface area contributed by atoms with E-state index in [0.29, 0.717) is 12.0 Å². The number of hydrogen-bond acceptors (Lipinski definition) is 3. The zero-order valence-electron chi connectivity index (χ0n) is 13.4. The van der Waals surface area contributed by atoms with Gasteiger partial charge in [-0.15, -0.1) is 0 Å². The molecule has 0 radical (unpaired) electrons. The first-order valence-electron chi connectivity index (χ1n) is 8.42. The number of rotatable bonds is 1. The van der Waals surface area contributed by atoms with Crippen LogP contribution in [0.25, 0.3) is 32.6 Å². The molecule has 0 saturated carbocycles. The smallest absolute Gasteiger partial charge is 0.256 e. The number of pyridine rings is 1. The van der Waals surface area contributed by atoms with Crippen LogP contribution in [-0.4, -0.2) is 28.2 Å².